The molecule has 0 bridgehead atoms. The van der Waals surface area contributed by atoms with Gasteiger partial charge < -0.3 is 26.4 Å². The third kappa shape index (κ3) is 5.55. The number of ether oxygens (including phenoxy) is 1. The topological polar surface area (TPSA) is 111 Å². The third-order valence-electron chi connectivity index (χ3n) is 4.14. The second-order valence-electron chi connectivity index (χ2n) is 7.46. The lowest BCUT2D eigenvalue weighted by molar-refractivity contribution is 0.0288. The Labute approximate surface area is 148 Å². The van der Waals surface area contributed by atoms with Crippen LogP contribution in [0.4, 0.5) is 16.2 Å². The van der Waals surface area contributed by atoms with E-state index in [0.717, 1.165) is 31.6 Å². The number of benzene rings is 1. The lowest BCUT2D eigenvalue weighted by Gasteiger charge is -2.24. The van der Waals surface area contributed by atoms with E-state index in [9.17, 15) is 9.59 Å². The second-order valence-corrected chi connectivity index (χ2v) is 7.46. The highest BCUT2D eigenvalue weighted by molar-refractivity contribution is 5.94. The molecule has 25 heavy (non-hydrogen) atoms. The van der Waals surface area contributed by atoms with Crippen LogP contribution in [-0.4, -0.2) is 42.1 Å². The van der Waals surface area contributed by atoms with E-state index < -0.39 is 11.5 Å². The van der Waals surface area contributed by atoms with Gasteiger partial charge in [-0.3, -0.25) is 4.79 Å². The first-order valence-corrected chi connectivity index (χ1v) is 8.57. The van der Waals surface area contributed by atoms with Gasteiger partial charge in [0.05, 0.1) is 11.4 Å². The summed E-state index contributed by atoms with van der Waals surface area (Å²) in [5.74, 6) is -0.0578. The summed E-state index contributed by atoms with van der Waals surface area (Å²) in [5.41, 5.74) is 12.4. The minimum absolute atomic E-state index is 0.241. The van der Waals surface area contributed by atoms with Gasteiger partial charge in [0.25, 0.3) is 0 Å². The number of rotatable bonds is 5. The Morgan fingerprint density at radius 2 is 2.08 bits per heavy atom. The Kier molecular flexibility index (Phi) is 5.77. The van der Waals surface area contributed by atoms with Gasteiger partial charge in [-0.15, -0.1) is 0 Å². The number of hydrogen-bond acceptors (Lipinski definition) is 5. The zero-order valence-corrected chi connectivity index (χ0v) is 15.2. The minimum Gasteiger partial charge on any atom is -0.444 e. The molecule has 1 aromatic rings. The molecule has 2 rings (SSSR count). The van der Waals surface area contributed by atoms with Gasteiger partial charge in [0.15, 0.2) is 0 Å². The Morgan fingerprint density at radius 1 is 1.36 bits per heavy atom. The van der Waals surface area contributed by atoms with Crippen molar-refractivity contribution in [1.29, 1.82) is 0 Å². The third-order valence-corrected chi connectivity index (χ3v) is 4.14. The number of primary amides is 1. The highest BCUT2D eigenvalue weighted by Crippen LogP contribution is 2.24. The van der Waals surface area contributed by atoms with Gasteiger partial charge in [0, 0.05) is 25.2 Å². The number of nitrogens with one attached hydrogen (secondary N) is 1. The zero-order valence-electron chi connectivity index (χ0n) is 15.2. The van der Waals surface area contributed by atoms with Crippen molar-refractivity contribution in [3.63, 3.8) is 0 Å². The van der Waals surface area contributed by atoms with E-state index in [-0.39, 0.29) is 6.09 Å². The normalized spacial score (nSPS) is 17.4. The fourth-order valence-electron chi connectivity index (χ4n) is 2.85. The van der Waals surface area contributed by atoms with Crippen molar-refractivity contribution in [2.45, 2.75) is 39.2 Å². The minimum atomic E-state index is -0.494. The van der Waals surface area contributed by atoms with Crippen LogP contribution in [0, 0.1) is 5.92 Å². The summed E-state index contributed by atoms with van der Waals surface area (Å²) in [5, 5.41) is 3.28. The SMILES string of the molecule is CC(C)(C)OC(=O)N1CC[C@H](CCNc2ccc(C(N)=O)cc2N)C1. The average Bonchev–Trinajstić information content (AvgIpc) is 2.96. The monoisotopic (exact) mass is 348 g/mol. The van der Waals surface area contributed by atoms with Gasteiger partial charge >= 0.3 is 6.09 Å². The number of amides is 2. The lowest BCUT2D eigenvalue weighted by Crippen LogP contribution is -2.35. The predicted molar refractivity (Wildman–Crippen MR) is 98.4 cm³/mol. The maximum Gasteiger partial charge on any atom is 0.410 e. The van der Waals surface area contributed by atoms with E-state index in [1.165, 1.54) is 0 Å². The molecule has 1 saturated heterocycles. The van der Waals surface area contributed by atoms with Gasteiger partial charge in [0.2, 0.25) is 5.91 Å². The number of nitrogen functional groups attached to an aromatic ring is 1. The largest absolute Gasteiger partial charge is 0.444 e. The summed E-state index contributed by atoms with van der Waals surface area (Å²) in [7, 11) is 0. The molecule has 7 nitrogen and oxygen atoms in total. The molecule has 0 aliphatic carbocycles. The molecule has 1 atom stereocenters. The van der Waals surface area contributed by atoms with Crippen LogP contribution < -0.4 is 16.8 Å². The Morgan fingerprint density at radius 3 is 2.68 bits per heavy atom. The Bertz CT molecular complexity index is 640. The highest BCUT2D eigenvalue weighted by atomic mass is 16.6. The molecule has 2 amide bonds. The van der Waals surface area contributed by atoms with Gasteiger partial charge in [-0.25, -0.2) is 4.79 Å². The van der Waals surface area contributed by atoms with Crippen LogP contribution in [-0.2, 0) is 4.74 Å². The van der Waals surface area contributed by atoms with Gasteiger partial charge in [-0.1, -0.05) is 0 Å². The van der Waals surface area contributed by atoms with Crippen LogP contribution in [0.25, 0.3) is 0 Å². The molecular formula is C18H28N4O3. The van der Waals surface area contributed by atoms with Crippen LogP contribution in [0.2, 0.25) is 0 Å². The fourth-order valence-corrected chi connectivity index (χ4v) is 2.85. The van der Waals surface area contributed by atoms with Crippen molar-refractivity contribution in [1.82, 2.24) is 4.90 Å². The molecule has 1 aromatic carbocycles. The number of hydrogen-bond donors (Lipinski definition) is 3. The number of carbonyl (C=O) groups is 2. The van der Waals surface area contributed by atoms with Crippen molar-refractivity contribution in [3.05, 3.63) is 23.8 Å². The molecule has 1 heterocycles. The number of nitrogens with zero attached hydrogens (tertiary/aromatic N) is 1. The maximum absolute atomic E-state index is 12.1. The number of carbonyl (C=O) groups excluding carboxylic acids is 2. The number of anilines is 2. The summed E-state index contributed by atoms with van der Waals surface area (Å²) in [4.78, 5) is 25.0. The summed E-state index contributed by atoms with van der Waals surface area (Å²) in [6.45, 7) is 7.80. The van der Waals surface area contributed by atoms with E-state index in [0.29, 0.717) is 23.7 Å². The molecule has 0 spiro atoms. The van der Waals surface area contributed by atoms with Crippen LogP contribution >= 0.6 is 0 Å². The first kappa shape index (κ1) is 18.9. The summed E-state index contributed by atoms with van der Waals surface area (Å²) < 4.78 is 5.41. The smallest absolute Gasteiger partial charge is 0.410 e. The molecule has 138 valence electrons. The Hall–Kier alpha value is -2.44. The second kappa shape index (κ2) is 7.63. The highest BCUT2D eigenvalue weighted by Gasteiger charge is 2.29. The lowest BCUT2D eigenvalue weighted by atomic mass is 10.1. The van der Waals surface area contributed by atoms with Gasteiger partial charge in [-0.2, -0.15) is 0 Å². The van der Waals surface area contributed by atoms with E-state index >= 15 is 0 Å². The molecule has 0 unspecified atom stereocenters. The molecule has 1 fully saturated rings. The van der Waals surface area contributed by atoms with Crippen molar-refractivity contribution >= 4 is 23.4 Å². The molecule has 1 aliphatic heterocycles. The quantitative estimate of drug-likeness (QED) is 0.708. The van der Waals surface area contributed by atoms with Crippen LogP contribution in [0.3, 0.4) is 0 Å². The van der Waals surface area contributed by atoms with E-state index in [1.807, 2.05) is 20.8 Å². The summed E-state index contributed by atoms with van der Waals surface area (Å²) >= 11 is 0. The number of likely N-dealkylation sites (tertiary alicyclic amines) is 1. The standard InChI is InChI=1S/C18H28N4O3/c1-18(2,3)25-17(24)22-9-7-12(11-22)6-8-21-15-5-4-13(16(20)23)10-14(15)19/h4-5,10,12,21H,6-9,11,19H2,1-3H3,(H2,20,23)/t12-/m0/s1. The average molecular weight is 348 g/mol. The van der Waals surface area contributed by atoms with Crippen molar-refractivity contribution < 1.29 is 14.3 Å². The van der Waals surface area contributed by atoms with Crippen molar-refractivity contribution in [3.8, 4) is 0 Å². The maximum atomic E-state index is 12.1. The van der Waals surface area contributed by atoms with Crippen molar-refractivity contribution in [2.75, 3.05) is 30.7 Å². The van der Waals surface area contributed by atoms with E-state index in [1.54, 1.807) is 23.1 Å². The first-order chi connectivity index (χ1) is 11.7. The van der Waals surface area contributed by atoms with Crippen LogP contribution in [0.15, 0.2) is 18.2 Å². The molecular weight excluding hydrogens is 320 g/mol. The molecule has 0 aromatic heterocycles. The van der Waals surface area contributed by atoms with Crippen LogP contribution in [0.5, 0.6) is 0 Å². The van der Waals surface area contributed by atoms with Gasteiger partial charge in [-0.05, 0) is 57.7 Å². The first-order valence-electron chi connectivity index (χ1n) is 8.57. The number of nitrogens with two attached hydrogens (primary N) is 2. The van der Waals surface area contributed by atoms with Crippen LogP contribution in [0.1, 0.15) is 44.0 Å². The van der Waals surface area contributed by atoms with E-state index in [4.69, 9.17) is 16.2 Å². The Balaban J connectivity index is 1.78. The molecule has 1 aliphatic rings. The molecule has 7 heteroatoms. The molecule has 5 N–H and O–H groups in total. The zero-order chi connectivity index (χ0) is 18.6. The fraction of sp³-hybridized carbons (Fsp3) is 0.556. The summed E-state index contributed by atoms with van der Waals surface area (Å²) in [6, 6.07) is 4.99. The van der Waals surface area contributed by atoms with Crippen molar-refractivity contribution in [2.24, 2.45) is 11.7 Å². The molecule has 0 radical (unpaired) electrons. The van der Waals surface area contributed by atoms with E-state index in [2.05, 4.69) is 5.32 Å². The van der Waals surface area contributed by atoms with Gasteiger partial charge in [0.1, 0.15) is 5.60 Å². The molecule has 0 saturated carbocycles. The summed E-state index contributed by atoms with van der Waals surface area (Å²) in [6.07, 6.45) is 1.65. The predicted octanol–water partition coefficient (Wildman–Crippen LogP) is 2.43.